The Kier molecular flexibility index (Phi) is 8.20. The summed E-state index contributed by atoms with van der Waals surface area (Å²) in [7, 11) is 1.86. The van der Waals surface area contributed by atoms with Gasteiger partial charge >= 0.3 is 0 Å². The Balaban J connectivity index is 1.19. The van der Waals surface area contributed by atoms with Crippen molar-refractivity contribution in [3.05, 3.63) is 101 Å². The van der Waals surface area contributed by atoms with E-state index in [1.807, 2.05) is 79.8 Å². The average Bonchev–Trinajstić information content (AvgIpc) is 3.39. The lowest BCUT2D eigenvalue weighted by molar-refractivity contribution is 0.0779. The fraction of sp³-hybridized carbons (Fsp3) is 0.323. The van der Waals surface area contributed by atoms with Gasteiger partial charge in [0.2, 0.25) is 5.78 Å². The standard InChI is InChI=1S/C31H33ClN4O2/c1-35(31(38)23-8-3-2-4-9-23)21-25(24-10-7-11-26(32)20-24)16-19-36-17-14-22(15-18-36)29(37)30-33-27-12-5-6-13-28(27)34-30/h2-13,20,22,25H,14-19,21H2,1H3,(H,33,34). The molecular weight excluding hydrogens is 496 g/mol. The molecule has 0 radical (unpaired) electrons. The Labute approximate surface area is 228 Å². The minimum absolute atomic E-state index is 0.00911. The number of carbonyl (C=O) groups is 2. The highest BCUT2D eigenvalue weighted by Crippen LogP contribution is 2.27. The number of hydrogen-bond acceptors (Lipinski definition) is 4. The number of amides is 1. The Morgan fingerprint density at radius 2 is 1.76 bits per heavy atom. The van der Waals surface area contributed by atoms with Gasteiger partial charge in [0.25, 0.3) is 5.91 Å². The second-order valence-electron chi connectivity index (χ2n) is 10.2. The summed E-state index contributed by atoms with van der Waals surface area (Å²) in [5.41, 5.74) is 3.56. The molecule has 38 heavy (non-hydrogen) atoms. The molecular formula is C31H33ClN4O2. The van der Waals surface area contributed by atoms with Crippen LogP contribution in [0.5, 0.6) is 0 Å². The fourth-order valence-corrected chi connectivity index (χ4v) is 5.56. The van der Waals surface area contributed by atoms with Crippen molar-refractivity contribution in [1.82, 2.24) is 19.8 Å². The molecule has 2 heterocycles. The molecule has 3 aromatic carbocycles. The molecule has 1 unspecified atom stereocenters. The van der Waals surface area contributed by atoms with Gasteiger partial charge in [-0.1, -0.05) is 54.1 Å². The monoisotopic (exact) mass is 528 g/mol. The number of aromatic amines is 1. The van der Waals surface area contributed by atoms with Crippen LogP contribution in [0.4, 0.5) is 0 Å². The van der Waals surface area contributed by atoms with Crippen molar-refractivity contribution in [2.75, 3.05) is 33.2 Å². The van der Waals surface area contributed by atoms with E-state index in [0.717, 1.165) is 55.5 Å². The lowest BCUT2D eigenvalue weighted by Crippen LogP contribution is -2.38. The van der Waals surface area contributed by atoms with Gasteiger partial charge in [0.15, 0.2) is 5.82 Å². The van der Waals surface area contributed by atoms with E-state index >= 15 is 0 Å². The molecule has 196 valence electrons. The number of carbonyl (C=O) groups excluding carboxylic acids is 2. The van der Waals surface area contributed by atoms with Crippen molar-refractivity contribution in [3.63, 3.8) is 0 Å². The zero-order valence-electron chi connectivity index (χ0n) is 21.6. The molecule has 7 heteroatoms. The van der Waals surface area contributed by atoms with Crippen LogP contribution in [0.25, 0.3) is 11.0 Å². The van der Waals surface area contributed by atoms with Crippen LogP contribution < -0.4 is 0 Å². The fourth-order valence-electron chi connectivity index (χ4n) is 5.36. The van der Waals surface area contributed by atoms with Crippen molar-refractivity contribution in [2.24, 2.45) is 5.92 Å². The van der Waals surface area contributed by atoms with Crippen LogP contribution >= 0.6 is 11.6 Å². The normalized spacial score (nSPS) is 15.4. The SMILES string of the molecule is CN(CC(CCN1CCC(C(=O)c2nc3ccccc3[nH]2)CC1)c1cccc(Cl)c1)C(=O)c1ccccc1. The second kappa shape index (κ2) is 11.9. The Bertz CT molecular complexity index is 1360. The van der Waals surface area contributed by atoms with Crippen molar-refractivity contribution in [2.45, 2.75) is 25.2 Å². The minimum atomic E-state index is -0.00911. The Morgan fingerprint density at radius 1 is 1.03 bits per heavy atom. The molecule has 0 bridgehead atoms. The predicted octanol–water partition coefficient (Wildman–Crippen LogP) is 6.06. The van der Waals surface area contributed by atoms with Crippen LogP contribution in [0, 0.1) is 5.92 Å². The third-order valence-corrected chi connectivity index (χ3v) is 7.79. The summed E-state index contributed by atoms with van der Waals surface area (Å²) < 4.78 is 0. The molecule has 5 rings (SSSR count). The van der Waals surface area contributed by atoms with Gasteiger partial charge < -0.3 is 14.8 Å². The van der Waals surface area contributed by atoms with Crippen LogP contribution in [-0.2, 0) is 0 Å². The Hall–Kier alpha value is -3.48. The topological polar surface area (TPSA) is 69.3 Å². The van der Waals surface area contributed by atoms with Crippen molar-refractivity contribution >= 4 is 34.3 Å². The van der Waals surface area contributed by atoms with E-state index in [1.54, 1.807) is 4.90 Å². The zero-order chi connectivity index (χ0) is 26.5. The third-order valence-electron chi connectivity index (χ3n) is 7.56. The highest BCUT2D eigenvalue weighted by molar-refractivity contribution is 6.30. The van der Waals surface area contributed by atoms with Gasteiger partial charge in [-0.2, -0.15) is 0 Å². The lowest BCUT2D eigenvalue weighted by atomic mass is 9.90. The number of aromatic nitrogens is 2. The maximum Gasteiger partial charge on any atom is 0.253 e. The number of ketones is 1. The van der Waals surface area contributed by atoms with Crippen molar-refractivity contribution in [3.8, 4) is 0 Å². The maximum absolute atomic E-state index is 13.1. The first-order valence-corrected chi connectivity index (χ1v) is 13.6. The van der Waals surface area contributed by atoms with Gasteiger partial charge in [-0.05, 0) is 80.9 Å². The summed E-state index contributed by atoms with van der Waals surface area (Å²) >= 11 is 6.32. The summed E-state index contributed by atoms with van der Waals surface area (Å²) in [6.07, 6.45) is 2.54. The quantitative estimate of drug-likeness (QED) is 0.268. The summed E-state index contributed by atoms with van der Waals surface area (Å²) in [6, 6.07) is 25.1. The van der Waals surface area contributed by atoms with E-state index in [4.69, 9.17) is 11.6 Å². The van der Waals surface area contributed by atoms with Crippen LogP contribution in [0.15, 0.2) is 78.9 Å². The molecule has 1 aliphatic heterocycles. The average molecular weight is 529 g/mol. The largest absolute Gasteiger partial charge is 0.341 e. The number of H-pyrrole nitrogens is 1. The molecule has 4 aromatic rings. The molecule has 0 spiro atoms. The van der Waals surface area contributed by atoms with Gasteiger partial charge in [-0.15, -0.1) is 0 Å². The number of Topliss-reactive ketones (excluding diaryl/α,β-unsaturated/α-hetero) is 1. The van der Waals surface area contributed by atoms with E-state index in [-0.39, 0.29) is 23.5 Å². The molecule has 1 atom stereocenters. The number of piperidine rings is 1. The molecule has 1 fully saturated rings. The summed E-state index contributed by atoms with van der Waals surface area (Å²) in [4.78, 5) is 38.0. The molecule has 0 aliphatic carbocycles. The number of benzene rings is 3. The molecule has 1 N–H and O–H groups in total. The lowest BCUT2D eigenvalue weighted by Gasteiger charge is -2.33. The van der Waals surface area contributed by atoms with Gasteiger partial charge in [0, 0.05) is 36.0 Å². The number of fused-ring (bicyclic) bond motifs is 1. The molecule has 0 saturated carbocycles. The van der Waals surface area contributed by atoms with E-state index in [2.05, 4.69) is 20.9 Å². The van der Waals surface area contributed by atoms with E-state index in [0.29, 0.717) is 23.0 Å². The van der Waals surface area contributed by atoms with Gasteiger partial charge in [-0.25, -0.2) is 4.98 Å². The minimum Gasteiger partial charge on any atom is -0.341 e. The predicted molar refractivity (Wildman–Crippen MR) is 152 cm³/mol. The number of nitrogens with zero attached hydrogens (tertiary/aromatic N) is 3. The summed E-state index contributed by atoms with van der Waals surface area (Å²) in [6.45, 7) is 3.25. The first-order chi connectivity index (χ1) is 18.5. The molecule has 1 amide bonds. The maximum atomic E-state index is 13.1. The first kappa shape index (κ1) is 26.1. The van der Waals surface area contributed by atoms with Gasteiger partial charge in [0.05, 0.1) is 11.0 Å². The van der Waals surface area contributed by atoms with E-state index in [9.17, 15) is 9.59 Å². The van der Waals surface area contributed by atoms with Crippen LogP contribution in [-0.4, -0.2) is 64.7 Å². The number of rotatable bonds is 9. The first-order valence-electron chi connectivity index (χ1n) is 13.2. The number of para-hydroxylation sites is 2. The summed E-state index contributed by atoms with van der Waals surface area (Å²) in [5, 5.41) is 0.703. The molecule has 1 aromatic heterocycles. The smallest absolute Gasteiger partial charge is 0.253 e. The molecule has 6 nitrogen and oxygen atoms in total. The molecule has 1 saturated heterocycles. The zero-order valence-corrected chi connectivity index (χ0v) is 22.4. The Morgan fingerprint density at radius 3 is 2.50 bits per heavy atom. The van der Waals surface area contributed by atoms with Crippen LogP contribution in [0.2, 0.25) is 5.02 Å². The second-order valence-corrected chi connectivity index (χ2v) is 10.6. The number of nitrogens with one attached hydrogen (secondary N) is 1. The molecule has 1 aliphatic rings. The summed E-state index contributed by atoms with van der Waals surface area (Å²) in [5.74, 6) is 0.740. The number of hydrogen-bond donors (Lipinski definition) is 1. The number of likely N-dealkylation sites (N-methyl/N-ethyl adjacent to an activating group) is 1. The third kappa shape index (κ3) is 6.14. The highest BCUT2D eigenvalue weighted by atomic mass is 35.5. The van der Waals surface area contributed by atoms with Gasteiger partial charge in [-0.3, -0.25) is 9.59 Å². The number of imidazole rings is 1. The van der Waals surface area contributed by atoms with Crippen molar-refractivity contribution in [1.29, 1.82) is 0 Å². The van der Waals surface area contributed by atoms with Crippen LogP contribution in [0.3, 0.4) is 0 Å². The highest BCUT2D eigenvalue weighted by Gasteiger charge is 2.28. The number of halogens is 1. The van der Waals surface area contributed by atoms with Crippen molar-refractivity contribution < 1.29 is 9.59 Å². The van der Waals surface area contributed by atoms with Crippen LogP contribution in [0.1, 0.15) is 51.7 Å². The van der Waals surface area contributed by atoms with E-state index < -0.39 is 0 Å². The number of likely N-dealkylation sites (tertiary alicyclic amines) is 1. The van der Waals surface area contributed by atoms with Gasteiger partial charge in [0.1, 0.15) is 0 Å². The van der Waals surface area contributed by atoms with E-state index in [1.165, 1.54) is 0 Å².